The van der Waals surface area contributed by atoms with Gasteiger partial charge in [0.25, 0.3) is 0 Å². The van der Waals surface area contributed by atoms with E-state index in [1.165, 1.54) is 0 Å². The summed E-state index contributed by atoms with van der Waals surface area (Å²) in [6.45, 7) is 1.17. The first kappa shape index (κ1) is 17.0. The van der Waals surface area contributed by atoms with Crippen LogP contribution in [-0.2, 0) is 30.0 Å². The molecule has 1 aromatic carbocycles. The Morgan fingerprint density at radius 1 is 1.33 bits per heavy atom. The number of imidazole rings is 1. The first-order chi connectivity index (χ1) is 11.4. The molecule has 7 heteroatoms. The Morgan fingerprint density at radius 2 is 2.08 bits per heavy atom. The van der Waals surface area contributed by atoms with E-state index in [4.69, 9.17) is 4.74 Å². The van der Waals surface area contributed by atoms with Crippen molar-refractivity contribution in [3.63, 3.8) is 0 Å². The van der Waals surface area contributed by atoms with Crippen molar-refractivity contribution in [2.24, 2.45) is 7.05 Å². The maximum Gasteiger partial charge on any atom is 0.151 e. The molecule has 2 heterocycles. The number of hydrogen-bond donors (Lipinski definition) is 0. The second-order valence-corrected chi connectivity index (χ2v) is 8.59. The van der Waals surface area contributed by atoms with Crippen LogP contribution in [0.5, 0.6) is 5.75 Å². The Balaban J connectivity index is 1.53. The fourth-order valence-electron chi connectivity index (χ4n) is 2.91. The van der Waals surface area contributed by atoms with Crippen LogP contribution in [0.15, 0.2) is 36.7 Å². The fraction of sp³-hybridized carbons (Fsp3) is 0.471. The van der Waals surface area contributed by atoms with Gasteiger partial charge in [-0.05, 0) is 31.2 Å². The van der Waals surface area contributed by atoms with E-state index in [0.717, 1.165) is 30.1 Å². The summed E-state index contributed by atoms with van der Waals surface area (Å²) < 4.78 is 30.8. The Kier molecular flexibility index (Phi) is 4.91. The lowest BCUT2D eigenvalue weighted by Crippen LogP contribution is -2.32. The SMILES string of the molecule is CN(Cc1ccc(OCc2nccn2C)cc1)C1CCS(=O)(=O)C1. The van der Waals surface area contributed by atoms with Crippen LogP contribution in [0.4, 0.5) is 0 Å². The van der Waals surface area contributed by atoms with Crippen molar-refractivity contribution in [1.82, 2.24) is 14.5 Å². The number of rotatable bonds is 6. The fourth-order valence-corrected chi connectivity index (χ4v) is 4.72. The molecule has 3 rings (SSSR count). The number of aromatic nitrogens is 2. The van der Waals surface area contributed by atoms with Crippen molar-refractivity contribution in [1.29, 1.82) is 0 Å². The number of sulfone groups is 1. The maximum absolute atomic E-state index is 11.6. The molecule has 130 valence electrons. The van der Waals surface area contributed by atoms with Gasteiger partial charge in [0.05, 0.1) is 11.5 Å². The molecule has 0 saturated carbocycles. The van der Waals surface area contributed by atoms with Crippen LogP contribution in [0.2, 0.25) is 0 Å². The second kappa shape index (κ2) is 6.94. The molecule has 1 aliphatic heterocycles. The third-order valence-corrected chi connectivity index (χ3v) is 6.23. The number of nitrogens with zero attached hydrogens (tertiary/aromatic N) is 3. The quantitative estimate of drug-likeness (QED) is 0.793. The minimum atomic E-state index is -2.84. The Bertz CT molecular complexity index is 784. The van der Waals surface area contributed by atoms with Crippen LogP contribution in [0, 0.1) is 0 Å². The van der Waals surface area contributed by atoms with Gasteiger partial charge in [-0.2, -0.15) is 0 Å². The molecule has 0 spiro atoms. The molecule has 0 amide bonds. The van der Waals surface area contributed by atoms with Gasteiger partial charge in [0, 0.05) is 32.0 Å². The minimum Gasteiger partial charge on any atom is -0.486 e. The van der Waals surface area contributed by atoms with E-state index in [1.54, 1.807) is 6.20 Å². The zero-order valence-corrected chi connectivity index (χ0v) is 14.9. The summed E-state index contributed by atoms with van der Waals surface area (Å²) in [5.74, 6) is 2.25. The molecule has 24 heavy (non-hydrogen) atoms. The number of hydrogen-bond acceptors (Lipinski definition) is 5. The lowest BCUT2D eigenvalue weighted by atomic mass is 10.1. The topological polar surface area (TPSA) is 64.4 Å². The minimum absolute atomic E-state index is 0.120. The molecule has 1 atom stereocenters. The predicted molar refractivity (Wildman–Crippen MR) is 92.5 cm³/mol. The first-order valence-corrected chi connectivity index (χ1v) is 9.84. The summed E-state index contributed by atoms with van der Waals surface area (Å²) in [6.07, 6.45) is 4.37. The second-order valence-electron chi connectivity index (χ2n) is 6.36. The summed E-state index contributed by atoms with van der Waals surface area (Å²) in [6, 6.07) is 8.05. The predicted octanol–water partition coefficient (Wildman–Crippen LogP) is 1.62. The van der Waals surface area contributed by atoms with Gasteiger partial charge in [-0.15, -0.1) is 0 Å². The van der Waals surface area contributed by atoms with E-state index in [0.29, 0.717) is 12.4 Å². The monoisotopic (exact) mass is 349 g/mol. The molecule has 1 unspecified atom stereocenters. The van der Waals surface area contributed by atoms with E-state index < -0.39 is 9.84 Å². The van der Waals surface area contributed by atoms with Crippen LogP contribution in [0.3, 0.4) is 0 Å². The van der Waals surface area contributed by atoms with Crippen LogP contribution < -0.4 is 4.74 Å². The number of aryl methyl sites for hydroxylation is 1. The van der Waals surface area contributed by atoms with Gasteiger partial charge in [0.15, 0.2) is 9.84 Å². The molecule has 2 aromatic rings. The van der Waals surface area contributed by atoms with Gasteiger partial charge in [0.1, 0.15) is 18.2 Å². The highest BCUT2D eigenvalue weighted by molar-refractivity contribution is 7.91. The van der Waals surface area contributed by atoms with Crippen molar-refractivity contribution in [3.05, 3.63) is 48.0 Å². The largest absolute Gasteiger partial charge is 0.486 e. The average molecular weight is 349 g/mol. The Morgan fingerprint density at radius 3 is 2.67 bits per heavy atom. The van der Waals surface area contributed by atoms with E-state index in [2.05, 4.69) is 9.88 Å². The van der Waals surface area contributed by atoms with Gasteiger partial charge in [-0.1, -0.05) is 12.1 Å². The summed E-state index contributed by atoms with van der Waals surface area (Å²) in [5.41, 5.74) is 1.14. The van der Waals surface area contributed by atoms with Crippen LogP contribution in [-0.4, -0.2) is 47.5 Å². The Labute approximate surface area is 143 Å². The third-order valence-electron chi connectivity index (χ3n) is 4.48. The van der Waals surface area contributed by atoms with Gasteiger partial charge in [-0.3, -0.25) is 4.90 Å². The van der Waals surface area contributed by atoms with Gasteiger partial charge in [-0.25, -0.2) is 13.4 Å². The molecule has 1 fully saturated rings. The van der Waals surface area contributed by atoms with E-state index in [-0.39, 0.29) is 11.8 Å². The van der Waals surface area contributed by atoms with Crippen LogP contribution >= 0.6 is 0 Å². The average Bonchev–Trinajstić information content (AvgIpc) is 3.12. The van der Waals surface area contributed by atoms with Crippen LogP contribution in [0.1, 0.15) is 17.8 Å². The molecule has 0 N–H and O–H groups in total. The number of ether oxygens (including phenoxy) is 1. The summed E-state index contributed by atoms with van der Waals surface area (Å²) in [5, 5.41) is 0. The lowest BCUT2D eigenvalue weighted by Gasteiger charge is -2.23. The van der Waals surface area contributed by atoms with E-state index in [1.807, 2.05) is 49.1 Å². The highest BCUT2D eigenvalue weighted by atomic mass is 32.2. The first-order valence-electron chi connectivity index (χ1n) is 8.01. The Hall–Kier alpha value is -1.86. The zero-order chi connectivity index (χ0) is 17.2. The van der Waals surface area contributed by atoms with Crippen molar-refractivity contribution in [3.8, 4) is 5.75 Å². The summed E-state index contributed by atoms with van der Waals surface area (Å²) in [4.78, 5) is 6.35. The maximum atomic E-state index is 11.6. The zero-order valence-electron chi connectivity index (χ0n) is 14.1. The molecule has 6 nitrogen and oxygen atoms in total. The standard InChI is InChI=1S/C17H23N3O3S/c1-19-9-8-18-17(19)12-23-16-5-3-14(4-6-16)11-20(2)15-7-10-24(21,22)13-15/h3-6,8-9,15H,7,10-13H2,1-2H3. The third kappa shape index (κ3) is 4.15. The van der Waals surface area contributed by atoms with Gasteiger partial charge in [0.2, 0.25) is 0 Å². The molecular formula is C17H23N3O3S. The van der Waals surface area contributed by atoms with Crippen molar-refractivity contribution < 1.29 is 13.2 Å². The normalized spacial score (nSPS) is 19.7. The molecule has 0 radical (unpaired) electrons. The molecule has 1 saturated heterocycles. The van der Waals surface area contributed by atoms with Crippen LogP contribution in [0.25, 0.3) is 0 Å². The molecular weight excluding hydrogens is 326 g/mol. The van der Waals surface area contributed by atoms with E-state index >= 15 is 0 Å². The molecule has 0 bridgehead atoms. The molecule has 0 aliphatic carbocycles. The lowest BCUT2D eigenvalue weighted by molar-refractivity contribution is 0.253. The van der Waals surface area contributed by atoms with Crippen molar-refractivity contribution >= 4 is 9.84 Å². The summed E-state index contributed by atoms with van der Waals surface area (Å²) in [7, 11) is 1.08. The molecule has 1 aliphatic rings. The number of benzene rings is 1. The molecule has 1 aromatic heterocycles. The summed E-state index contributed by atoms with van der Waals surface area (Å²) >= 11 is 0. The van der Waals surface area contributed by atoms with Crippen molar-refractivity contribution in [2.45, 2.75) is 25.6 Å². The highest BCUT2D eigenvalue weighted by Crippen LogP contribution is 2.20. The smallest absolute Gasteiger partial charge is 0.151 e. The van der Waals surface area contributed by atoms with Gasteiger partial charge >= 0.3 is 0 Å². The highest BCUT2D eigenvalue weighted by Gasteiger charge is 2.30. The van der Waals surface area contributed by atoms with Gasteiger partial charge < -0.3 is 9.30 Å². The van der Waals surface area contributed by atoms with E-state index in [9.17, 15) is 8.42 Å². The van der Waals surface area contributed by atoms with Crippen molar-refractivity contribution in [2.75, 3.05) is 18.6 Å².